The van der Waals surface area contributed by atoms with Crippen molar-refractivity contribution in [3.05, 3.63) is 156 Å². The van der Waals surface area contributed by atoms with E-state index < -0.39 is 18.0 Å². The van der Waals surface area contributed by atoms with Crippen LogP contribution in [0.5, 0.6) is 0 Å². The first kappa shape index (κ1) is 38.1. The molecule has 2 heterocycles. The minimum absolute atomic E-state index is 0.224. The van der Waals surface area contributed by atoms with Crippen LogP contribution in [-0.2, 0) is 30.8 Å². The van der Waals surface area contributed by atoms with Gasteiger partial charge in [0.05, 0.1) is 23.0 Å². The Hall–Kier alpha value is -3.66. The molecule has 0 aliphatic heterocycles. The summed E-state index contributed by atoms with van der Waals surface area (Å²) in [6, 6.07) is 47.4. The molecule has 8 rings (SSSR count). The molecule has 264 valence electrons. The second-order valence-electron chi connectivity index (χ2n) is 13.2. The predicted molar refractivity (Wildman–Crippen MR) is 223 cm³/mol. The summed E-state index contributed by atoms with van der Waals surface area (Å²) in [5, 5.41) is 5.15. The summed E-state index contributed by atoms with van der Waals surface area (Å²) in [6.45, 7) is 12.7. The first-order chi connectivity index (χ1) is 25.2. The average molecular weight is 819 g/mol. The zero-order valence-electron chi connectivity index (χ0n) is 30.7. The Morgan fingerprint density at radius 3 is 1.25 bits per heavy atom. The number of rotatable bonds is 6. The van der Waals surface area contributed by atoms with Crippen molar-refractivity contribution in [2.75, 3.05) is 0 Å². The molecule has 0 bridgehead atoms. The normalized spacial score (nSPS) is 10.8. The number of hydrogen-bond acceptors (Lipinski definition) is 2. The molecule has 0 aliphatic carbocycles. The standard InChI is InChI=1S/2C22H19O.C2H6Si.2ClH.Zr/c2*1-3-16-10-11-18-13-19(21-12-9-15(2)23-21)14-20(18)22(16)17-7-5-4-6-8-17;1-3-2;;;/h2*4-14H,3H2,1-2H3;1-2H3;2*1H;/q2*-1;;;;+2/p-2. The fourth-order valence-corrected chi connectivity index (χ4v) is 6.60. The fourth-order valence-electron chi connectivity index (χ4n) is 6.60. The Kier molecular flexibility index (Phi) is 12.8. The molecule has 2 aromatic heterocycles. The first-order valence-corrected chi connectivity index (χ1v) is 30.4. The molecule has 0 radical (unpaired) electrons. The first-order valence-electron chi connectivity index (χ1n) is 17.8. The molecule has 0 aliphatic rings. The van der Waals surface area contributed by atoms with E-state index in [1.165, 1.54) is 54.9 Å². The molecular formula is C46H44Cl2O2SiZr-2. The average Bonchev–Trinajstić information content (AvgIpc) is 3.98. The van der Waals surface area contributed by atoms with E-state index in [0.717, 1.165) is 47.0 Å². The zero-order chi connectivity index (χ0) is 36.8. The van der Waals surface area contributed by atoms with Gasteiger partial charge in [-0.15, -0.1) is 57.9 Å². The quantitative estimate of drug-likeness (QED) is 0.123. The van der Waals surface area contributed by atoms with Crippen molar-refractivity contribution in [2.45, 2.75) is 53.6 Å². The van der Waals surface area contributed by atoms with Crippen LogP contribution in [0.4, 0.5) is 0 Å². The van der Waals surface area contributed by atoms with E-state index >= 15 is 0 Å². The number of fused-ring (bicyclic) bond motifs is 2. The second kappa shape index (κ2) is 17.4. The van der Waals surface area contributed by atoms with Gasteiger partial charge in [-0.25, -0.2) is 0 Å². The van der Waals surface area contributed by atoms with Crippen LogP contribution < -0.4 is 0 Å². The minimum atomic E-state index is -1.65. The van der Waals surface area contributed by atoms with E-state index in [9.17, 15) is 0 Å². The van der Waals surface area contributed by atoms with Gasteiger partial charge in [-0.3, -0.25) is 0 Å². The molecule has 2 nitrogen and oxygen atoms in total. The molecule has 0 N–H and O–H groups in total. The summed E-state index contributed by atoms with van der Waals surface area (Å²) < 4.78 is 11.6. The van der Waals surface area contributed by atoms with Gasteiger partial charge in [0.25, 0.3) is 0 Å². The van der Waals surface area contributed by atoms with Gasteiger partial charge in [-0.1, -0.05) is 109 Å². The molecular weight excluding hydrogens is 775 g/mol. The number of aryl methyl sites for hydroxylation is 4. The van der Waals surface area contributed by atoms with Crippen LogP contribution in [0, 0.1) is 13.8 Å². The Bertz CT molecular complexity index is 2260. The van der Waals surface area contributed by atoms with Gasteiger partial charge in [0.2, 0.25) is 0 Å². The summed E-state index contributed by atoms with van der Waals surface area (Å²) in [5.41, 5.74) is 10.1. The van der Waals surface area contributed by atoms with Gasteiger partial charge >= 0.3 is 53.5 Å². The molecule has 6 heteroatoms. The number of hydrogen-bond donors (Lipinski definition) is 0. The monoisotopic (exact) mass is 816 g/mol. The third-order valence-electron chi connectivity index (χ3n) is 9.27. The Morgan fingerprint density at radius 2 is 0.942 bits per heavy atom. The molecule has 0 unspecified atom stereocenters. The van der Waals surface area contributed by atoms with Gasteiger partial charge in [-0.05, 0) is 73.2 Å². The summed E-state index contributed by atoms with van der Waals surface area (Å²) in [5.74, 6) is 3.78. The summed E-state index contributed by atoms with van der Waals surface area (Å²) in [7, 11) is 11.2. The van der Waals surface area contributed by atoms with E-state index in [2.05, 4.69) is 136 Å². The maximum absolute atomic E-state index is 5.80. The topological polar surface area (TPSA) is 26.3 Å². The molecule has 8 aromatic rings. The molecule has 6 aromatic carbocycles. The maximum atomic E-state index is 5.80. The van der Waals surface area contributed by atoms with Crippen molar-refractivity contribution in [1.82, 2.24) is 0 Å². The van der Waals surface area contributed by atoms with Crippen LogP contribution in [0.25, 0.3) is 66.4 Å². The van der Waals surface area contributed by atoms with Gasteiger partial charge < -0.3 is 8.83 Å². The van der Waals surface area contributed by atoms with Crippen LogP contribution in [0.3, 0.4) is 0 Å². The van der Waals surface area contributed by atoms with Crippen LogP contribution in [0.15, 0.2) is 142 Å². The van der Waals surface area contributed by atoms with Crippen molar-refractivity contribution >= 4 is 44.0 Å². The summed E-state index contributed by atoms with van der Waals surface area (Å²) >= 11 is -1.65. The van der Waals surface area contributed by atoms with Crippen molar-refractivity contribution in [2.24, 2.45) is 0 Å². The van der Waals surface area contributed by atoms with E-state index in [4.69, 9.17) is 25.9 Å². The molecule has 0 fully saturated rings. The van der Waals surface area contributed by atoms with Crippen molar-refractivity contribution in [3.8, 4) is 44.9 Å². The van der Waals surface area contributed by atoms with Crippen molar-refractivity contribution in [1.29, 1.82) is 0 Å². The zero-order valence-corrected chi connectivity index (χ0v) is 35.7. The van der Waals surface area contributed by atoms with Gasteiger partial charge in [-0.2, -0.15) is 0 Å². The molecule has 52 heavy (non-hydrogen) atoms. The van der Waals surface area contributed by atoms with E-state index in [-0.39, 0.29) is 5.43 Å². The van der Waals surface area contributed by atoms with E-state index in [1.807, 2.05) is 38.1 Å². The van der Waals surface area contributed by atoms with Crippen LogP contribution in [0.1, 0.15) is 36.5 Å². The van der Waals surface area contributed by atoms with Gasteiger partial charge in [0.1, 0.15) is 0 Å². The SMILES string of the molecule is CCc1ccc2[cH-]c(-c3ccc(C)o3)cc2c1-c1ccccc1.CCc1ccc2[cH-]c(-c3ccc(C)o3)cc2c1-c1ccccc1.C[Si](C)=[Zr]([Cl])[Cl]. The van der Waals surface area contributed by atoms with Crippen LogP contribution in [0.2, 0.25) is 13.1 Å². The van der Waals surface area contributed by atoms with Gasteiger partial charge in [0.15, 0.2) is 0 Å². The summed E-state index contributed by atoms with van der Waals surface area (Å²) in [6.07, 6.45) is 2.06. The number of furan rings is 2. The number of halogens is 2. The molecule has 0 saturated carbocycles. The second-order valence-corrected chi connectivity index (χ2v) is 36.2. The van der Waals surface area contributed by atoms with Crippen LogP contribution in [-0.4, -0.2) is 5.43 Å². The summed E-state index contributed by atoms with van der Waals surface area (Å²) in [4.78, 5) is 0. The molecule has 0 spiro atoms. The number of benzene rings is 4. The molecule has 0 atom stereocenters. The molecule has 0 saturated heterocycles. The van der Waals surface area contributed by atoms with Gasteiger partial charge in [0, 0.05) is 0 Å². The van der Waals surface area contributed by atoms with Crippen molar-refractivity contribution < 1.29 is 26.8 Å². The fraction of sp³-hybridized carbons (Fsp3) is 0.174. The van der Waals surface area contributed by atoms with E-state index in [0.29, 0.717) is 0 Å². The third kappa shape index (κ3) is 8.75. The Balaban J connectivity index is 0.000000155. The molecule has 0 amide bonds. The predicted octanol–water partition coefficient (Wildman–Crippen LogP) is 14.9. The van der Waals surface area contributed by atoms with Crippen molar-refractivity contribution in [3.63, 3.8) is 0 Å². The Morgan fingerprint density at radius 1 is 0.558 bits per heavy atom. The Labute approximate surface area is 323 Å². The van der Waals surface area contributed by atoms with Crippen LogP contribution >= 0.6 is 17.0 Å². The van der Waals surface area contributed by atoms with E-state index in [1.54, 1.807) is 0 Å². The third-order valence-corrected chi connectivity index (χ3v) is 29.0.